The highest BCUT2D eigenvalue weighted by Gasteiger charge is 2.76. The topological polar surface area (TPSA) is 53.0 Å². The van der Waals surface area contributed by atoms with Gasteiger partial charge in [-0.2, -0.15) is 13.2 Å². The Kier molecular flexibility index (Phi) is 3.19. The first-order chi connectivity index (χ1) is 8.64. The summed E-state index contributed by atoms with van der Waals surface area (Å²) < 4.78 is 65.7. The lowest BCUT2D eigenvalue weighted by Gasteiger charge is -2.30. The van der Waals surface area contributed by atoms with Gasteiger partial charge >= 0.3 is 6.18 Å². The van der Waals surface area contributed by atoms with Crippen molar-refractivity contribution in [2.45, 2.75) is 25.1 Å². The number of alkyl halides is 5. The van der Waals surface area contributed by atoms with Crippen molar-refractivity contribution in [3.8, 4) is 0 Å². The zero-order chi connectivity index (χ0) is 14.6. The van der Waals surface area contributed by atoms with Crippen molar-refractivity contribution in [2.75, 3.05) is 6.54 Å². The van der Waals surface area contributed by atoms with Crippen molar-refractivity contribution in [3.63, 3.8) is 0 Å². The average Bonchev–Trinajstić information content (AvgIpc) is 2.86. The summed E-state index contributed by atoms with van der Waals surface area (Å²) >= 11 is 0. The summed E-state index contributed by atoms with van der Waals surface area (Å²) in [6, 6.07) is -1.79. The van der Waals surface area contributed by atoms with E-state index in [-0.39, 0.29) is 0 Å². The predicted octanol–water partition coefficient (Wildman–Crippen LogP) is 1.87. The third-order valence-electron chi connectivity index (χ3n) is 4.14. The van der Waals surface area contributed by atoms with Crippen LogP contribution in [0.1, 0.15) is 6.92 Å². The number of carbonyl (C=O) groups excluding carboxylic acids is 1. The molecule has 0 aromatic carbocycles. The summed E-state index contributed by atoms with van der Waals surface area (Å²) in [6.45, 7) is 1.02. The normalized spacial score (nSPS) is 39.8. The molecule has 8 heteroatoms. The molecule has 0 saturated heterocycles. The van der Waals surface area contributed by atoms with Crippen LogP contribution in [0.5, 0.6) is 0 Å². The highest BCUT2D eigenvalue weighted by atomic mass is 19.4. The first kappa shape index (κ1) is 14.4. The summed E-state index contributed by atoms with van der Waals surface area (Å²) in [7, 11) is 0. The van der Waals surface area contributed by atoms with Crippen LogP contribution in [0.3, 0.4) is 0 Å². The number of halogens is 5. The number of hydrogen-bond acceptors (Lipinski definition) is 3. The number of rotatable bonds is 4. The van der Waals surface area contributed by atoms with Gasteiger partial charge in [-0.3, -0.25) is 0 Å². The summed E-state index contributed by atoms with van der Waals surface area (Å²) in [5.41, 5.74) is -1.63. The molecule has 0 aromatic rings. The number of aldehydes is 1. The van der Waals surface area contributed by atoms with Crippen LogP contribution in [0.25, 0.3) is 0 Å². The van der Waals surface area contributed by atoms with E-state index in [0.29, 0.717) is 6.29 Å². The third-order valence-corrected chi connectivity index (χ3v) is 4.14. The van der Waals surface area contributed by atoms with E-state index in [1.165, 1.54) is 6.92 Å². The van der Waals surface area contributed by atoms with Gasteiger partial charge in [-0.15, -0.1) is 0 Å². The zero-order valence-electron chi connectivity index (χ0n) is 9.97. The molecule has 2 fully saturated rings. The molecule has 0 aromatic heterocycles. The van der Waals surface area contributed by atoms with E-state index in [1.54, 1.807) is 0 Å². The number of carbonyl (C=O) groups is 1. The molecule has 5 unspecified atom stereocenters. The summed E-state index contributed by atoms with van der Waals surface area (Å²) in [6.07, 6.45) is -4.60. The fraction of sp³-hybridized carbons (Fsp3) is 0.818. The van der Waals surface area contributed by atoms with Crippen molar-refractivity contribution in [1.82, 2.24) is 5.32 Å². The smallest absolute Gasteiger partial charge is 0.302 e. The second-order valence-electron chi connectivity index (χ2n) is 5.13. The summed E-state index contributed by atoms with van der Waals surface area (Å²) in [5.74, 6) is -7.42. The Morgan fingerprint density at radius 1 is 1.42 bits per heavy atom. The van der Waals surface area contributed by atoms with Gasteiger partial charge in [0.1, 0.15) is 12.0 Å². The van der Waals surface area contributed by atoms with Gasteiger partial charge in [0.05, 0.1) is 12.6 Å². The standard InChI is InChI=1S/C11H13F5N2O/c1-4-5-6(8(17)11(14,15)16)9(18-2-3-19)10(12,13)7(4)5/h3-7,9,17-18H,2H2,1H3. The van der Waals surface area contributed by atoms with Crippen LogP contribution in [0.15, 0.2) is 0 Å². The summed E-state index contributed by atoms with van der Waals surface area (Å²) in [5, 5.41) is 9.29. The Morgan fingerprint density at radius 3 is 2.47 bits per heavy atom. The molecule has 0 radical (unpaired) electrons. The van der Waals surface area contributed by atoms with Crippen molar-refractivity contribution in [3.05, 3.63) is 0 Å². The van der Waals surface area contributed by atoms with Gasteiger partial charge in [0, 0.05) is 11.8 Å². The van der Waals surface area contributed by atoms with E-state index in [1.807, 2.05) is 0 Å². The minimum Gasteiger partial charge on any atom is -0.302 e. The van der Waals surface area contributed by atoms with Gasteiger partial charge < -0.3 is 15.5 Å². The lowest BCUT2D eigenvalue weighted by atomic mass is 9.88. The average molecular weight is 284 g/mol. The maximum Gasteiger partial charge on any atom is 0.429 e. The van der Waals surface area contributed by atoms with Gasteiger partial charge in [0.25, 0.3) is 5.92 Å². The molecule has 2 aliphatic carbocycles. The Hall–Kier alpha value is -1.05. The lowest BCUT2D eigenvalue weighted by Crippen LogP contribution is -2.52. The number of fused-ring (bicyclic) bond motifs is 1. The third kappa shape index (κ3) is 2.05. The van der Waals surface area contributed by atoms with E-state index < -0.39 is 54.1 Å². The second kappa shape index (κ2) is 4.22. The molecule has 0 heterocycles. The van der Waals surface area contributed by atoms with Gasteiger partial charge in [0.2, 0.25) is 0 Å². The van der Waals surface area contributed by atoms with Gasteiger partial charge in [-0.25, -0.2) is 8.78 Å². The van der Waals surface area contributed by atoms with Crippen molar-refractivity contribution in [2.24, 2.45) is 23.7 Å². The van der Waals surface area contributed by atoms with Crippen LogP contribution in [-0.2, 0) is 4.79 Å². The monoisotopic (exact) mass is 284 g/mol. The molecule has 0 amide bonds. The minimum atomic E-state index is -4.92. The Bertz CT molecular complexity index is 408. The SMILES string of the molecule is CC1C2C(C(=N)C(F)(F)F)C(NCC=O)C(F)(F)C12. The quantitative estimate of drug-likeness (QED) is 0.470. The molecular weight excluding hydrogens is 271 g/mol. The molecule has 0 spiro atoms. The van der Waals surface area contributed by atoms with Crippen LogP contribution >= 0.6 is 0 Å². The molecule has 2 rings (SSSR count). The predicted molar refractivity (Wildman–Crippen MR) is 56.2 cm³/mol. The molecule has 3 nitrogen and oxygen atoms in total. The van der Waals surface area contributed by atoms with E-state index in [2.05, 4.69) is 5.32 Å². The largest absolute Gasteiger partial charge is 0.429 e. The highest BCUT2D eigenvalue weighted by Crippen LogP contribution is 2.67. The maximum atomic E-state index is 14.0. The summed E-state index contributed by atoms with van der Waals surface area (Å²) in [4.78, 5) is 10.2. The minimum absolute atomic E-state index is 0.317. The Labute approximate surface area is 106 Å². The van der Waals surface area contributed by atoms with Crippen molar-refractivity contribution in [1.29, 1.82) is 5.41 Å². The van der Waals surface area contributed by atoms with E-state index >= 15 is 0 Å². The maximum absolute atomic E-state index is 14.0. The zero-order valence-corrected chi connectivity index (χ0v) is 9.97. The highest BCUT2D eigenvalue weighted by molar-refractivity contribution is 5.91. The molecule has 0 aliphatic heterocycles. The van der Waals surface area contributed by atoms with E-state index in [0.717, 1.165) is 0 Å². The molecule has 2 N–H and O–H groups in total. The molecule has 2 aliphatic rings. The fourth-order valence-electron chi connectivity index (χ4n) is 3.31. The van der Waals surface area contributed by atoms with Crippen LogP contribution < -0.4 is 5.32 Å². The molecule has 19 heavy (non-hydrogen) atoms. The van der Waals surface area contributed by atoms with E-state index in [9.17, 15) is 26.7 Å². The fourth-order valence-corrected chi connectivity index (χ4v) is 3.31. The Morgan fingerprint density at radius 2 is 2.00 bits per heavy atom. The number of hydrogen-bond donors (Lipinski definition) is 2. The lowest BCUT2D eigenvalue weighted by molar-refractivity contribution is -0.108. The van der Waals surface area contributed by atoms with Crippen LogP contribution in [0.4, 0.5) is 22.0 Å². The molecule has 0 bridgehead atoms. The van der Waals surface area contributed by atoms with Crippen LogP contribution in [-0.4, -0.2) is 36.7 Å². The first-order valence-corrected chi connectivity index (χ1v) is 5.84. The second-order valence-corrected chi connectivity index (χ2v) is 5.13. The first-order valence-electron chi connectivity index (χ1n) is 5.84. The van der Waals surface area contributed by atoms with E-state index in [4.69, 9.17) is 5.41 Å². The number of nitrogens with one attached hydrogen (secondary N) is 2. The van der Waals surface area contributed by atoms with Gasteiger partial charge in [0.15, 0.2) is 0 Å². The molecule has 2 saturated carbocycles. The Balaban J connectivity index is 2.28. The van der Waals surface area contributed by atoms with Gasteiger partial charge in [-0.05, 0) is 11.8 Å². The van der Waals surface area contributed by atoms with Crippen LogP contribution in [0.2, 0.25) is 0 Å². The van der Waals surface area contributed by atoms with Crippen molar-refractivity contribution >= 4 is 12.0 Å². The van der Waals surface area contributed by atoms with Crippen LogP contribution in [0, 0.1) is 29.1 Å². The molecular formula is C11H13F5N2O. The molecule has 5 atom stereocenters. The van der Waals surface area contributed by atoms with Crippen molar-refractivity contribution < 1.29 is 26.7 Å². The molecule has 108 valence electrons. The van der Waals surface area contributed by atoms with Gasteiger partial charge in [-0.1, -0.05) is 6.92 Å².